The van der Waals surface area contributed by atoms with Crippen LogP contribution in [0.15, 0.2) is 146 Å². The molecule has 71 heavy (non-hydrogen) atoms. The minimum atomic E-state index is -0.812. The summed E-state index contributed by atoms with van der Waals surface area (Å²) in [6.45, 7) is 6.25. The first-order valence-corrected chi connectivity index (χ1v) is 28.3. The van der Waals surface area contributed by atoms with Crippen LogP contribution in [0.5, 0.6) is 0 Å². The van der Waals surface area contributed by atoms with Crippen molar-refractivity contribution >= 4 is 17.9 Å². The summed E-state index contributed by atoms with van der Waals surface area (Å²) < 4.78 is 16.6. The van der Waals surface area contributed by atoms with Gasteiger partial charge in [-0.05, 0) is 116 Å². The predicted octanol–water partition coefficient (Wildman–Crippen LogP) is 19.2. The van der Waals surface area contributed by atoms with Crippen LogP contribution in [0.25, 0.3) is 0 Å². The quantitative estimate of drug-likeness (QED) is 0.0262. The molecule has 0 rings (SSSR count). The zero-order chi connectivity index (χ0) is 51.4. The van der Waals surface area contributed by atoms with Gasteiger partial charge in [0.2, 0.25) is 0 Å². The summed E-state index contributed by atoms with van der Waals surface area (Å²) in [5.74, 6) is -0.996. The maximum absolute atomic E-state index is 12.7. The highest BCUT2D eigenvalue weighted by atomic mass is 16.6. The molecular weight excluding hydrogens is 877 g/mol. The van der Waals surface area contributed by atoms with Crippen LogP contribution < -0.4 is 0 Å². The van der Waals surface area contributed by atoms with Crippen molar-refractivity contribution in [1.29, 1.82) is 0 Å². The van der Waals surface area contributed by atoms with Crippen LogP contribution in [0.2, 0.25) is 0 Å². The fourth-order valence-electron chi connectivity index (χ4n) is 7.16. The Morgan fingerprint density at radius 2 is 0.563 bits per heavy atom. The monoisotopic (exact) mass is 979 g/mol. The SMILES string of the molecule is CC/C=C\C/C=C\C/C=C\C/C=C\C/C=C\C/C=C\C/C=C\CCCCCCCCCCCC(=O)OCC(COC(=O)CCCCCCC)OC(=O)CCC/C=C\C/C=C\C/C=C\C/C=C\C/C=C\CC. The van der Waals surface area contributed by atoms with E-state index in [0.717, 1.165) is 141 Å². The Morgan fingerprint density at radius 1 is 0.296 bits per heavy atom. The average Bonchev–Trinajstić information content (AvgIpc) is 3.37. The average molecular weight is 980 g/mol. The summed E-state index contributed by atoms with van der Waals surface area (Å²) in [5.41, 5.74) is 0. The first kappa shape index (κ1) is 66.3. The molecule has 0 aromatic rings. The van der Waals surface area contributed by atoms with E-state index in [1.807, 2.05) is 0 Å². The van der Waals surface area contributed by atoms with Crippen molar-refractivity contribution in [3.05, 3.63) is 146 Å². The zero-order valence-electron chi connectivity index (χ0n) is 45.4. The minimum Gasteiger partial charge on any atom is -0.462 e. The standard InChI is InChI=1S/C65H102O6/c1-4-7-10-13-15-17-19-21-23-25-26-27-28-29-30-31-32-33-34-35-36-37-38-40-41-43-45-47-49-52-55-58-64(67)70-61-62(60-69-63(66)57-54-51-12-9-6-3)71-65(68)59-56-53-50-48-46-44-42-39-24-22-20-18-16-14-11-8-5-2/h7-8,10-11,15-18,21-24,26-27,29-30,32-33,35-36,42,44,48,50,62H,4-6,9,12-14,19-20,25,28,31,34,37-41,43,45-47,49,51-61H2,1-3H3/b10-7-,11-8-,17-15-,18-16-,23-21-,24-22-,27-26-,30-29-,33-32-,36-35-,44-42-,50-48-. The van der Waals surface area contributed by atoms with Gasteiger partial charge >= 0.3 is 17.9 Å². The lowest BCUT2D eigenvalue weighted by Gasteiger charge is -2.18. The molecule has 0 aliphatic carbocycles. The third kappa shape index (κ3) is 56.1. The first-order chi connectivity index (χ1) is 35.0. The lowest BCUT2D eigenvalue weighted by molar-refractivity contribution is -0.167. The van der Waals surface area contributed by atoms with Crippen molar-refractivity contribution in [3.63, 3.8) is 0 Å². The van der Waals surface area contributed by atoms with Crippen molar-refractivity contribution in [3.8, 4) is 0 Å². The number of esters is 3. The molecule has 0 N–H and O–H groups in total. The summed E-state index contributed by atoms with van der Waals surface area (Å²) in [4.78, 5) is 37.7. The molecule has 6 heteroatoms. The van der Waals surface area contributed by atoms with Crippen molar-refractivity contribution in [2.45, 2.75) is 232 Å². The highest BCUT2D eigenvalue weighted by molar-refractivity contribution is 5.71. The van der Waals surface area contributed by atoms with Crippen molar-refractivity contribution in [1.82, 2.24) is 0 Å². The number of carbonyl (C=O) groups excluding carboxylic acids is 3. The molecule has 0 saturated carbocycles. The van der Waals surface area contributed by atoms with E-state index in [0.29, 0.717) is 19.3 Å². The number of rotatable bonds is 49. The molecule has 0 amide bonds. The molecule has 0 aromatic heterocycles. The molecule has 0 aromatic carbocycles. The van der Waals surface area contributed by atoms with Crippen LogP contribution in [0.1, 0.15) is 226 Å². The van der Waals surface area contributed by atoms with E-state index < -0.39 is 6.10 Å². The van der Waals surface area contributed by atoms with E-state index >= 15 is 0 Å². The zero-order valence-corrected chi connectivity index (χ0v) is 45.4. The molecule has 0 aliphatic heterocycles. The molecule has 0 radical (unpaired) electrons. The lowest BCUT2D eigenvalue weighted by Crippen LogP contribution is -2.30. The van der Waals surface area contributed by atoms with Gasteiger partial charge in [0.1, 0.15) is 13.2 Å². The Bertz CT molecular complexity index is 1590. The molecule has 0 fully saturated rings. The van der Waals surface area contributed by atoms with Crippen molar-refractivity contribution in [2.24, 2.45) is 0 Å². The Balaban J connectivity index is 4.16. The Kier molecular flexibility index (Phi) is 54.0. The maximum atomic E-state index is 12.7. The van der Waals surface area contributed by atoms with Crippen LogP contribution in [0.3, 0.4) is 0 Å². The van der Waals surface area contributed by atoms with Crippen molar-refractivity contribution < 1.29 is 28.6 Å². The van der Waals surface area contributed by atoms with E-state index in [4.69, 9.17) is 14.2 Å². The van der Waals surface area contributed by atoms with Crippen LogP contribution >= 0.6 is 0 Å². The van der Waals surface area contributed by atoms with Gasteiger partial charge in [-0.15, -0.1) is 0 Å². The number of ether oxygens (including phenoxy) is 3. The number of unbranched alkanes of at least 4 members (excludes halogenated alkanes) is 14. The van der Waals surface area contributed by atoms with Gasteiger partial charge in [-0.25, -0.2) is 0 Å². The summed E-state index contributed by atoms with van der Waals surface area (Å²) in [7, 11) is 0. The van der Waals surface area contributed by atoms with Gasteiger partial charge < -0.3 is 14.2 Å². The fourth-order valence-corrected chi connectivity index (χ4v) is 7.16. The highest BCUT2D eigenvalue weighted by Gasteiger charge is 2.19. The number of hydrogen-bond donors (Lipinski definition) is 0. The summed E-state index contributed by atoms with van der Waals surface area (Å²) in [6, 6.07) is 0. The minimum absolute atomic E-state index is 0.108. The van der Waals surface area contributed by atoms with E-state index in [9.17, 15) is 14.4 Å². The molecule has 6 nitrogen and oxygen atoms in total. The van der Waals surface area contributed by atoms with E-state index in [2.05, 4.69) is 167 Å². The molecule has 1 unspecified atom stereocenters. The third-order valence-corrected chi connectivity index (χ3v) is 11.3. The topological polar surface area (TPSA) is 78.9 Å². The fraction of sp³-hybridized carbons (Fsp3) is 0.585. The maximum Gasteiger partial charge on any atom is 0.306 e. The van der Waals surface area contributed by atoms with Crippen LogP contribution in [-0.2, 0) is 28.6 Å². The van der Waals surface area contributed by atoms with Crippen molar-refractivity contribution in [2.75, 3.05) is 13.2 Å². The van der Waals surface area contributed by atoms with E-state index in [1.165, 1.54) is 38.5 Å². The van der Waals surface area contributed by atoms with Gasteiger partial charge in [0, 0.05) is 19.3 Å². The molecule has 0 aliphatic rings. The summed E-state index contributed by atoms with van der Waals surface area (Å²) in [5, 5.41) is 0. The third-order valence-electron chi connectivity index (χ3n) is 11.3. The second-order valence-corrected chi connectivity index (χ2v) is 18.1. The van der Waals surface area contributed by atoms with Gasteiger partial charge in [-0.3, -0.25) is 14.4 Å². The van der Waals surface area contributed by atoms with Gasteiger partial charge in [0.15, 0.2) is 6.10 Å². The largest absolute Gasteiger partial charge is 0.462 e. The van der Waals surface area contributed by atoms with Crippen LogP contribution in [0.4, 0.5) is 0 Å². The number of allylic oxidation sites excluding steroid dienone is 24. The lowest BCUT2D eigenvalue weighted by atomic mass is 10.1. The van der Waals surface area contributed by atoms with Crippen LogP contribution in [0, 0.1) is 0 Å². The van der Waals surface area contributed by atoms with Gasteiger partial charge in [-0.1, -0.05) is 237 Å². The van der Waals surface area contributed by atoms with E-state index in [1.54, 1.807) is 0 Å². The van der Waals surface area contributed by atoms with Gasteiger partial charge in [-0.2, -0.15) is 0 Å². The molecule has 1 atom stereocenters. The van der Waals surface area contributed by atoms with E-state index in [-0.39, 0.29) is 37.5 Å². The molecule has 398 valence electrons. The normalized spacial score (nSPS) is 13.2. The smallest absolute Gasteiger partial charge is 0.306 e. The highest BCUT2D eigenvalue weighted by Crippen LogP contribution is 2.13. The second-order valence-electron chi connectivity index (χ2n) is 18.1. The molecule has 0 saturated heterocycles. The Labute approximate surface area is 436 Å². The molecular formula is C65H102O6. The number of hydrogen-bond acceptors (Lipinski definition) is 6. The summed E-state index contributed by atoms with van der Waals surface area (Å²) >= 11 is 0. The molecule has 0 bridgehead atoms. The Hall–Kier alpha value is -4.71. The number of carbonyl (C=O) groups is 3. The first-order valence-electron chi connectivity index (χ1n) is 28.3. The second kappa shape index (κ2) is 57.9. The summed E-state index contributed by atoms with van der Waals surface area (Å²) in [6.07, 6.45) is 83.2. The molecule has 0 heterocycles. The van der Waals surface area contributed by atoms with Crippen LogP contribution in [-0.4, -0.2) is 37.2 Å². The predicted molar refractivity (Wildman–Crippen MR) is 306 cm³/mol. The van der Waals surface area contributed by atoms with Gasteiger partial charge in [0.25, 0.3) is 0 Å². The Morgan fingerprint density at radius 3 is 0.901 bits per heavy atom. The van der Waals surface area contributed by atoms with Gasteiger partial charge in [0.05, 0.1) is 0 Å². The molecule has 0 spiro atoms.